The molecule has 0 bridgehead atoms. The minimum atomic E-state index is -0.705. The van der Waals surface area contributed by atoms with E-state index in [1.54, 1.807) is 6.92 Å². The molecule has 188 valence electrons. The number of benzene rings is 2. The van der Waals surface area contributed by atoms with E-state index in [-0.39, 0.29) is 48.2 Å². The van der Waals surface area contributed by atoms with Gasteiger partial charge in [0.1, 0.15) is 11.8 Å². The maximum Gasteiger partial charge on any atom is 0.311 e. The van der Waals surface area contributed by atoms with Crippen LogP contribution >= 0.6 is 15.9 Å². The van der Waals surface area contributed by atoms with E-state index >= 15 is 0 Å². The number of hydrogen-bond acceptors (Lipinski definition) is 6. The van der Waals surface area contributed by atoms with E-state index in [9.17, 15) is 19.7 Å². The second-order valence-corrected chi connectivity index (χ2v) is 9.46. The van der Waals surface area contributed by atoms with Gasteiger partial charge in [-0.25, -0.2) is 0 Å². The quantitative estimate of drug-likeness (QED) is 0.343. The molecule has 0 heterocycles. The summed E-state index contributed by atoms with van der Waals surface area (Å²) in [5.41, 5.74) is 0.673. The monoisotopic (exact) mass is 547 g/mol. The summed E-state index contributed by atoms with van der Waals surface area (Å²) in [5, 5.41) is 14.2. The molecule has 35 heavy (non-hydrogen) atoms. The van der Waals surface area contributed by atoms with Crippen LogP contribution in [-0.4, -0.2) is 47.4 Å². The molecular formula is C25H30BrN3O6. The van der Waals surface area contributed by atoms with Gasteiger partial charge < -0.3 is 19.7 Å². The Bertz CT molecular complexity index is 1040. The van der Waals surface area contributed by atoms with Gasteiger partial charge in [-0.1, -0.05) is 47.3 Å². The zero-order valence-electron chi connectivity index (χ0n) is 19.9. The van der Waals surface area contributed by atoms with Crippen LogP contribution in [0.25, 0.3) is 0 Å². The SMILES string of the molecule is COc1cc(OCC(=O)N(Cc2ccc(Br)cc2)C(C)C(=O)NC2CCCCC2)ccc1[N+](=O)[O-]. The number of amides is 2. The van der Waals surface area contributed by atoms with Crippen molar-refractivity contribution in [1.29, 1.82) is 0 Å². The second kappa shape index (κ2) is 12.5. The van der Waals surface area contributed by atoms with Crippen LogP contribution in [0.2, 0.25) is 0 Å². The Morgan fingerprint density at radius 3 is 2.49 bits per heavy atom. The maximum atomic E-state index is 13.2. The molecule has 1 fully saturated rings. The van der Waals surface area contributed by atoms with Crippen LogP contribution in [0.5, 0.6) is 11.5 Å². The van der Waals surface area contributed by atoms with Crippen LogP contribution in [0.3, 0.4) is 0 Å². The number of nitrogens with one attached hydrogen (secondary N) is 1. The lowest BCUT2D eigenvalue weighted by Crippen LogP contribution is -2.51. The minimum Gasteiger partial charge on any atom is -0.490 e. The lowest BCUT2D eigenvalue weighted by Gasteiger charge is -2.31. The molecule has 1 atom stereocenters. The number of carbonyl (C=O) groups is 2. The van der Waals surface area contributed by atoms with Crippen molar-refractivity contribution in [2.75, 3.05) is 13.7 Å². The van der Waals surface area contributed by atoms with Gasteiger partial charge in [0, 0.05) is 29.2 Å². The molecule has 1 aliphatic carbocycles. The van der Waals surface area contributed by atoms with E-state index in [0.717, 1.165) is 35.7 Å². The Morgan fingerprint density at radius 2 is 1.86 bits per heavy atom. The van der Waals surface area contributed by atoms with Crippen molar-refractivity contribution in [1.82, 2.24) is 10.2 Å². The third kappa shape index (κ3) is 7.42. The van der Waals surface area contributed by atoms with Crippen molar-refractivity contribution in [2.24, 2.45) is 0 Å². The summed E-state index contributed by atoms with van der Waals surface area (Å²) in [6.45, 7) is 1.61. The number of methoxy groups -OCH3 is 1. The molecule has 0 saturated heterocycles. The zero-order valence-corrected chi connectivity index (χ0v) is 21.5. The van der Waals surface area contributed by atoms with Gasteiger partial charge in [0.05, 0.1) is 12.0 Å². The normalized spacial score (nSPS) is 14.6. The third-order valence-corrected chi connectivity index (χ3v) is 6.62. The lowest BCUT2D eigenvalue weighted by molar-refractivity contribution is -0.385. The number of halogens is 1. The van der Waals surface area contributed by atoms with E-state index in [1.807, 2.05) is 24.3 Å². The van der Waals surface area contributed by atoms with Crippen LogP contribution in [0.1, 0.15) is 44.6 Å². The van der Waals surface area contributed by atoms with Gasteiger partial charge in [0.2, 0.25) is 11.7 Å². The molecule has 10 heteroatoms. The Balaban J connectivity index is 1.73. The second-order valence-electron chi connectivity index (χ2n) is 8.55. The van der Waals surface area contributed by atoms with Crippen LogP contribution in [0.15, 0.2) is 46.9 Å². The van der Waals surface area contributed by atoms with Gasteiger partial charge in [0.25, 0.3) is 5.91 Å². The summed E-state index contributed by atoms with van der Waals surface area (Å²) in [5.74, 6) is -0.286. The van der Waals surface area contributed by atoms with Crippen molar-refractivity contribution in [3.8, 4) is 11.5 Å². The fourth-order valence-corrected chi connectivity index (χ4v) is 4.33. The fourth-order valence-electron chi connectivity index (χ4n) is 4.06. The summed E-state index contributed by atoms with van der Waals surface area (Å²) >= 11 is 3.41. The van der Waals surface area contributed by atoms with E-state index < -0.39 is 11.0 Å². The van der Waals surface area contributed by atoms with Crippen molar-refractivity contribution in [3.05, 3.63) is 62.6 Å². The number of rotatable bonds is 10. The van der Waals surface area contributed by atoms with Crippen LogP contribution < -0.4 is 14.8 Å². The predicted octanol–water partition coefficient (Wildman–Crippen LogP) is 4.61. The van der Waals surface area contributed by atoms with E-state index in [4.69, 9.17) is 9.47 Å². The molecule has 0 aliphatic heterocycles. The van der Waals surface area contributed by atoms with Gasteiger partial charge in [-0.15, -0.1) is 0 Å². The van der Waals surface area contributed by atoms with Crippen molar-refractivity contribution >= 4 is 33.4 Å². The number of nitrogens with zero attached hydrogens (tertiary/aromatic N) is 2. The summed E-state index contributed by atoms with van der Waals surface area (Å²) in [7, 11) is 1.32. The minimum absolute atomic E-state index is 0.0342. The van der Waals surface area contributed by atoms with Gasteiger partial charge in [-0.3, -0.25) is 19.7 Å². The van der Waals surface area contributed by atoms with Crippen LogP contribution in [0, 0.1) is 10.1 Å². The third-order valence-electron chi connectivity index (χ3n) is 6.10. The highest BCUT2D eigenvalue weighted by Crippen LogP contribution is 2.30. The van der Waals surface area contributed by atoms with E-state index in [1.165, 1.54) is 36.6 Å². The van der Waals surface area contributed by atoms with Crippen LogP contribution in [0.4, 0.5) is 5.69 Å². The Hall–Kier alpha value is -3.14. The first-order valence-electron chi connectivity index (χ1n) is 11.6. The number of carbonyl (C=O) groups excluding carboxylic acids is 2. The molecule has 9 nitrogen and oxygen atoms in total. The lowest BCUT2D eigenvalue weighted by atomic mass is 9.95. The molecule has 2 amide bonds. The molecule has 0 aromatic heterocycles. The average Bonchev–Trinajstić information content (AvgIpc) is 2.86. The first-order valence-corrected chi connectivity index (χ1v) is 12.4. The highest BCUT2D eigenvalue weighted by atomic mass is 79.9. The molecule has 1 N–H and O–H groups in total. The number of nitro benzene ring substituents is 1. The standard InChI is InChI=1S/C25H30BrN3O6/c1-17(25(31)27-20-6-4-3-5-7-20)28(15-18-8-10-19(26)11-9-18)24(30)16-35-21-12-13-22(29(32)33)23(14-21)34-2/h8-14,17,20H,3-7,15-16H2,1-2H3,(H,27,31). The summed E-state index contributed by atoms with van der Waals surface area (Å²) < 4.78 is 11.6. The molecule has 3 rings (SSSR count). The van der Waals surface area contributed by atoms with Crippen LogP contribution in [-0.2, 0) is 16.1 Å². The van der Waals surface area contributed by atoms with Gasteiger partial charge in [-0.2, -0.15) is 0 Å². The van der Waals surface area contributed by atoms with E-state index in [2.05, 4.69) is 21.2 Å². The van der Waals surface area contributed by atoms with E-state index in [0.29, 0.717) is 0 Å². The first kappa shape index (κ1) is 26.5. The summed E-state index contributed by atoms with van der Waals surface area (Å²) in [4.78, 5) is 38.3. The topological polar surface area (TPSA) is 111 Å². The van der Waals surface area contributed by atoms with Gasteiger partial charge in [-0.05, 0) is 43.5 Å². The molecule has 1 unspecified atom stereocenters. The molecule has 1 saturated carbocycles. The number of ether oxygens (including phenoxy) is 2. The summed E-state index contributed by atoms with van der Waals surface area (Å²) in [6, 6.07) is 11.0. The predicted molar refractivity (Wildman–Crippen MR) is 134 cm³/mol. The molecule has 2 aromatic rings. The van der Waals surface area contributed by atoms with Crippen molar-refractivity contribution < 1.29 is 24.0 Å². The van der Waals surface area contributed by atoms with Crippen molar-refractivity contribution in [3.63, 3.8) is 0 Å². The Morgan fingerprint density at radius 1 is 1.17 bits per heavy atom. The molecular weight excluding hydrogens is 518 g/mol. The molecule has 1 aliphatic rings. The number of nitro groups is 1. The molecule has 0 radical (unpaired) electrons. The average molecular weight is 548 g/mol. The largest absolute Gasteiger partial charge is 0.490 e. The first-order chi connectivity index (χ1) is 16.8. The fraction of sp³-hybridized carbons (Fsp3) is 0.440. The Kier molecular flexibility index (Phi) is 9.47. The molecule has 0 spiro atoms. The summed E-state index contributed by atoms with van der Waals surface area (Å²) in [6.07, 6.45) is 5.26. The smallest absolute Gasteiger partial charge is 0.311 e. The number of hydrogen-bond donors (Lipinski definition) is 1. The highest BCUT2D eigenvalue weighted by molar-refractivity contribution is 9.10. The van der Waals surface area contributed by atoms with Gasteiger partial charge in [0.15, 0.2) is 6.61 Å². The zero-order chi connectivity index (χ0) is 25.4. The van der Waals surface area contributed by atoms with Gasteiger partial charge >= 0.3 is 5.69 Å². The van der Waals surface area contributed by atoms with Crippen molar-refractivity contribution in [2.45, 2.75) is 57.7 Å². The Labute approximate surface area is 213 Å². The molecule has 2 aromatic carbocycles. The highest BCUT2D eigenvalue weighted by Gasteiger charge is 2.28. The maximum absolute atomic E-state index is 13.2.